The van der Waals surface area contributed by atoms with Gasteiger partial charge in [-0.2, -0.15) is 0 Å². The number of likely N-dealkylation sites (N-methyl/N-ethyl adjacent to an activating group) is 1. The van der Waals surface area contributed by atoms with Crippen molar-refractivity contribution in [3.63, 3.8) is 0 Å². The van der Waals surface area contributed by atoms with Crippen molar-refractivity contribution in [3.8, 4) is 0 Å². The zero-order chi connectivity index (χ0) is 13.8. The van der Waals surface area contributed by atoms with E-state index in [0.717, 1.165) is 29.9 Å². The monoisotopic (exact) mass is 261 g/mol. The molecule has 19 heavy (non-hydrogen) atoms. The van der Waals surface area contributed by atoms with Gasteiger partial charge in [0.05, 0.1) is 11.3 Å². The molecule has 1 amide bonds. The molecule has 2 unspecified atom stereocenters. The summed E-state index contributed by atoms with van der Waals surface area (Å²) in [5.41, 5.74) is 8.04. The summed E-state index contributed by atoms with van der Waals surface area (Å²) in [7, 11) is 1.75. The highest BCUT2D eigenvalue weighted by Crippen LogP contribution is 2.37. The van der Waals surface area contributed by atoms with Gasteiger partial charge in [0, 0.05) is 31.4 Å². The lowest BCUT2D eigenvalue weighted by Crippen LogP contribution is -2.29. The lowest BCUT2D eigenvalue weighted by atomic mass is 10.1. The number of amides is 1. The predicted octanol–water partition coefficient (Wildman–Crippen LogP) is 0.624. The van der Waals surface area contributed by atoms with E-state index in [1.54, 1.807) is 11.9 Å². The first-order valence-corrected chi connectivity index (χ1v) is 6.53. The number of carbonyl (C=O) groups excluding carboxylic acids is 1. The van der Waals surface area contributed by atoms with E-state index in [1.165, 1.54) is 0 Å². The molecule has 0 spiro atoms. The predicted molar refractivity (Wildman–Crippen MR) is 74.2 cm³/mol. The fourth-order valence-corrected chi connectivity index (χ4v) is 2.91. The van der Waals surface area contributed by atoms with Gasteiger partial charge in [0.15, 0.2) is 0 Å². The van der Waals surface area contributed by atoms with E-state index < -0.39 is 11.6 Å². The summed E-state index contributed by atoms with van der Waals surface area (Å²) in [6.07, 6.45) is 0.762. The number of anilines is 2. The lowest BCUT2D eigenvalue weighted by molar-refractivity contribution is -0.118. The molecule has 5 nitrogen and oxygen atoms in total. The molecule has 0 radical (unpaired) electrons. The fraction of sp³-hybridized carbons (Fsp3) is 0.500. The highest BCUT2D eigenvalue weighted by Gasteiger charge is 2.35. The Hall–Kier alpha value is -1.59. The molecule has 0 aromatic heterocycles. The van der Waals surface area contributed by atoms with E-state index >= 15 is 0 Å². The van der Waals surface area contributed by atoms with Crippen LogP contribution in [-0.4, -0.2) is 36.8 Å². The normalized spacial score (nSPS) is 30.1. The Morgan fingerprint density at radius 1 is 1.47 bits per heavy atom. The second-order valence-electron chi connectivity index (χ2n) is 5.79. The molecule has 2 aliphatic rings. The molecule has 0 saturated carbocycles. The van der Waals surface area contributed by atoms with E-state index in [9.17, 15) is 9.90 Å². The lowest BCUT2D eigenvalue weighted by Gasteiger charge is -2.22. The average Bonchev–Trinajstić information content (AvgIpc) is 2.84. The van der Waals surface area contributed by atoms with Crippen molar-refractivity contribution in [2.75, 3.05) is 29.9 Å². The van der Waals surface area contributed by atoms with Crippen molar-refractivity contribution in [2.45, 2.75) is 25.0 Å². The van der Waals surface area contributed by atoms with Crippen molar-refractivity contribution in [2.24, 2.45) is 5.73 Å². The number of aliphatic hydroxyl groups is 1. The molecule has 3 N–H and O–H groups in total. The Morgan fingerprint density at radius 3 is 2.84 bits per heavy atom. The maximum atomic E-state index is 11.8. The van der Waals surface area contributed by atoms with Gasteiger partial charge in [-0.3, -0.25) is 4.79 Å². The summed E-state index contributed by atoms with van der Waals surface area (Å²) in [6, 6.07) is 5.34. The van der Waals surface area contributed by atoms with Gasteiger partial charge in [0.1, 0.15) is 6.04 Å². The number of nitrogens with zero attached hydrogens (tertiary/aromatic N) is 2. The number of benzene rings is 1. The molecule has 1 aromatic rings. The molecular formula is C14H19N3O2. The van der Waals surface area contributed by atoms with Crippen LogP contribution in [0, 0.1) is 0 Å². The Kier molecular flexibility index (Phi) is 2.59. The van der Waals surface area contributed by atoms with Crippen LogP contribution < -0.4 is 15.5 Å². The molecule has 1 saturated heterocycles. The number of carbonyl (C=O) groups is 1. The third kappa shape index (κ3) is 1.89. The molecule has 2 heterocycles. The highest BCUT2D eigenvalue weighted by molar-refractivity contribution is 6.04. The molecule has 0 aliphatic carbocycles. The minimum absolute atomic E-state index is 0.0689. The highest BCUT2D eigenvalue weighted by atomic mass is 16.3. The van der Waals surface area contributed by atoms with Gasteiger partial charge in [-0.05, 0) is 25.5 Å². The van der Waals surface area contributed by atoms with Crippen molar-refractivity contribution in [3.05, 3.63) is 23.8 Å². The minimum Gasteiger partial charge on any atom is -0.388 e. The van der Waals surface area contributed by atoms with Crippen LogP contribution in [-0.2, 0) is 4.79 Å². The zero-order valence-corrected chi connectivity index (χ0v) is 11.3. The summed E-state index contributed by atoms with van der Waals surface area (Å²) >= 11 is 0. The molecule has 102 valence electrons. The molecule has 3 rings (SSSR count). The molecule has 1 aromatic carbocycles. The second kappa shape index (κ2) is 3.95. The number of hydrogen-bond acceptors (Lipinski definition) is 4. The van der Waals surface area contributed by atoms with Crippen molar-refractivity contribution >= 4 is 17.3 Å². The van der Waals surface area contributed by atoms with Gasteiger partial charge < -0.3 is 20.6 Å². The van der Waals surface area contributed by atoms with Crippen LogP contribution in [0.5, 0.6) is 0 Å². The third-order valence-corrected chi connectivity index (χ3v) is 4.12. The van der Waals surface area contributed by atoms with Crippen LogP contribution in [0.1, 0.15) is 24.9 Å². The van der Waals surface area contributed by atoms with Gasteiger partial charge >= 0.3 is 0 Å². The van der Waals surface area contributed by atoms with E-state index in [0.29, 0.717) is 6.54 Å². The average molecular weight is 261 g/mol. The molecule has 2 aliphatic heterocycles. The van der Waals surface area contributed by atoms with Crippen LogP contribution in [0.4, 0.5) is 11.4 Å². The maximum absolute atomic E-state index is 11.8. The molecule has 5 heteroatoms. The van der Waals surface area contributed by atoms with Crippen LogP contribution in [0.2, 0.25) is 0 Å². The maximum Gasteiger partial charge on any atom is 0.248 e. The first-order chi connectivity index (χ1) is 8.89. The van der Waals surface area contributed by atoms with Crippen molar-refractivity contribution in [1.29, 1.82) is 0 Å². The first kappa shape index (κ1) is 12.4. The number of hydrogen-bond donors (Lipinski definition) is 2. The SMILES string of the molecule is CN1C(=O)C(N)c2ccc(N3CCC(C)(O)C3)cc21. The summed E-state index contributed by atoms with van der Waals surface area (Å²) in [5, 5.41) is 10.0. The fourth-order valence-electron chi connectivity index (χ4n) is 2.91. The summed E-state index contributed by atoms with van der Waals surface area (Å²) in [5.74, 6) is -0.0689. The number of β-amino-alcohol motifs (C(OH)–C–C–N with tert-alkyl or cyclic N) is 1. The summed E-state index contributed by atoms with van der Waals surface area (Å²) in [6.45, 7) is 3.30. The standard InChI is InChI=1S/C14H19N3O2/c1-14(19)5-6-17(8-14)9-3-4-10-11(7-9)16(2)13(18)12(10)15/h3-4,7,12,19H,5-6,8,15H2,1-2H3. The van der Waals surface area contributed by atoms with E-state index in [-0.39, 0.29) is 5.91 Å². The molecule has 2 atom stereocenters. The van der Waals surface area contributed by atoms with Gasteiger partial charge in [-0.1, -0.05) is 6.07 Å². The van der Waals surface area contributed by atoms with Crippen LogP contribution >= 0.6 is 0 Å². The first-order valence-electron chi connectivity index (χ1n) is 6.53. The zero-order valence-electron chi connectivity index (χ0n) is 11.3. The van der Waals surface area contributed by atoms with E-state index in [4.69, 9.17) is 5.73 Å². The number of fused-ring (bicyclic) bond motifs is 1. The molecular weight excluding hydrogens is 242 g/mol. The van der Waals surface area contributed by atoms with Crippen molar-refractivity contribution < 1.29 is 9.90 Å². The van der Waals surface area contributed by atoms with E-state index in [1.807, 2.05) is 25.1 Å². The molecule has 1 fully saturated rings. The van der Waals surface area contributed by atoms with Crippen LogP contribution in [0.3, 0.4) is 0 Å². The van der Waals surface area contributed by atoms with Gasteiger partial charge in [0.25, 0.3) is 0 Å². The van der Waals surface area contributed by atoms with Gasteiger partial charge in [-0.25, -0.2) is 0 Å². The largest absolute Gasteiger partial charge is 0.388 e. The minimum atomic E-state index is -0.628. The van der Waals surface area contributed by atoms with Gasteiger partial charge in [0.2, 0.25) is 5.91 Å². The second-order valence-corrected chi connectivity index (χ2v) is 5.79. The third-order valence-electron chi connectivity index (χ3n) is 4.12. The van der Waals surface area contributed by atoms with Gasteiger partial charge in [-0.15, -0.1) is 0 Å². The Bertz CT molecular complexity index is 541. The summed E-state index contributed by atoms with van der Waals surface area (Å²) in [4.78, 5) is 15.6. The summed E-state index contributed by atoms with van der Waals surface area (Å²) < 4.78 is 0. The topological polar surface area (TPSA) is 69.8 Å². The molecule has 0 bridgehead atoms. The van der Waals surface area contributed by atoms with Crippen LogP contribution in [0.25, 0.3) is 0 Å². The quantitative estimate of drug-likeness (QED) is 0.777. The van der Waals surface area contributed by atoms with Crippen LogP contribution in [0.15, 0.2) is 18.2 Å². The Balaban J connectivity index is 1.93. The smallest absolute Gasteiger partial charge is 0.248 e. The Labute approximate surface area is 112 Å². The van der Waals surface area contributed by atoms with E-state index in [2.05, 4.69) is 4.90 Å². The van der Waals surface area contributed by atoms with Crippen molar-refractivity contribution in [1.82, 2.24) is 0 Å². The number of nitrogens with two attached hydrogens (primary N) is 1. The Morgan fingerprint density at radius 2 is 2.21 bits per heavy atom. The number of rotatable bonds is 1.